The first-order valence-corrected chi connectivity index (χ1v) is 4.51. The summed E-state index contributed by atoms with van der Waals surface area (Å²) < 4.78 is 1.31. The van der Waals surface area contributed by atoms with E-state index < -0.39 is 0 Å². The van der Waals surface area contributed by atoms with Crippen LogP contribution in [0.3, 0.4) is 0 Å². The molecule has 0 aromatic heterocycles. The molecule has 0 radical (unpaired) electrons. The standard InChI is InChI=1S/C5H4I.C5H5.Fe/c6-5-3-1-2-4-5;1-2-4-5-3-1;/h1-4H;1-5H;/q2*-1;. The van der Waals surface area contributed by atoms with Crippen LogP contribution in [0.15, 0.2) is 54.6 Å². The molecule has 0 aliphatic rings. The minimum atomic E-state index is 0. The van der Waals surface area contributed by atoms with E-state index in [0.29, 0.717) is 0 Å². The third kappa shape index (κ3) is 5.58. The van der Waals surface area contributed by atoms with Gasteiger partial charge in [0.15, 0.2) is 0 Å². The Morgan fingerprint density at radius 1 is 0.917 bits per heavy atom. The van der Waals surface area contributed by atoms with Crippen LogP contribution in [0.5, 0.6) is 0 Å². The van der Waals surface area contributed by atoms with Gasteiger partial charge in [-0.25, -0.2) is 24.3 Å². The van der Waals surface area contributed by atoms with Crippen molar-refractivity contribution >= 4 is 22.6 Å². The van der Waals surface area contributed by atoms with Gasteiger partial charge in [0.25, 0.3) is 0 Å². The molecular formula is C10H9FeI-2. The molecule has 0 amide bonds. The molecule has 0 aliphatic heterocycles. The zero-order valence-electron chi connectivity index (χ0n) is 6.43. The SMILES string of the molecule is I[c-]1cccc1.[Fe].c1cc[cH-]c1. The summed E-state index contributed by atoms with van der Waals surface area (Å²) in [4.78, 5) is 0. The maximum Gasteiger partial charge on any atom is 0 e. The monoisotopic (exact) mass is 312 g/mol. The fourth-order valence-corrected chi connectivity index (χ4v) is 1.09. The van der Waals surface area contributed by atoms with Crippen LogP contribution in [0.4, 0.5) is 0 Å². The largest absolute Gasteiger partial charge is 0.214 e. The first-order chi connectivity index (χ1) is 5.39. The molecule has 66 valence electrons. The van der Waals surface area contributed by atoms with E-state index in [4.69, 9.17) is 0 Å². The second kappa shape index (κ2) is 7.59. The molecule has 2 rings (SSSR count). The van der Waals surface area contributed by atoms with Crippen LogP contribution >= 0.6 is 22.6 Å². The van der Waals surface area contributed by atoms with Crippen LogP contribution in [0, 0.1) is 3.57 Å². The van der Waals surface area contributed by atoms with Gasteiger partial charge in [-0.2, -0.15) is 30.3 Å². The van der Waals surface area contributed by atoms with Gasteiger partial charge in [-0.3, -0.25) is 0 Å². The summed E-state index contributed by atoms with van der Waals surface area (Å²) >= 11 is 2.28. The van der Waals surface area contributed by atoms with Crippen molar-refractivity contribution in [3.63, 3.8) is 0 Å². The summed E-state index contributed by atoms with van der Waals surface area (Å²) in [6, 6.07) is 18.2. The van der Waals surface area contributed by atoms with E-state index in [1.165, 1.54) is 3.57 Å². The Balaban J connectivity index is 0.000000189. The van der Waals surface area contributed by atoms with E-state index in [9.17, 15) is 0 Å². The van der Waals surface area contributed by atoms with Crippen LogP contribution in [0.1, 0.15) is 0 Å². The van der Waals surface area contributed by atoms with Gasteiger partial charge in [0.1, 0.15) is 0 Å². The Morgan fingerprint density at radius 2 is 1.42 bits per heavy atom. The Kier molecular flexibility index (Phi) is 7.56. The van der Waals surface area contributed by atoms with Gasteiger partial charge in [0.2, 0.25) is 0 Å². The minimum Gasteiger partial charge on any atom is -0.214 e. The Hall–Kier alpha value is -0.0505. The average Bonchev–Trinajstić information content (AvgIpc) is 2.57. The number of halogens is 1. The zero-order chi connectivity index (χ0) is 7.94. The van der Waals surface area contributed by atoms with Crippen molar-refractivity contribution in [1.29, 1.82) is 0 Å². The maximum atomic E-state index is 2.28. The summed E-state index contributed by atoms with van der Waals surface area (Å²) in [6.07, 6.45) is 0. The van der Waals surface area contributed by atoms with Crippen molar-refractivity contribution in [2.75, 3.05) is 0 Å². The van der Waals surface area contributed by atoms with Crippen LogP contribution in [0.25, 0.3) is 0 Å². The third-order valence-electron chi connectivity index (χ3n) is 1.18. The van der Waals surface area contributed by atoms with Gasteiger partial charge >= 0.3 is 0 Å². The first-order valence-electron chi connectivity index (χ1n) is 3.43. The molecule has 0 saturated heterocycles. The van der Waals surface area contributed by atoms with Crippen molar-refractivity contribution in [2.45, 2.75) is 0 Å². The van der Waals surface area contributed by atoms with Gasteiger partial charge in [-0.15, -0.1) is 22.6 Å². The predicted molar refractivity (Wildman–Crippen MR) is 56.8 cm³/mol. The smallest absolute Gasteiger partial charge is 0 e. The average molecular weight is 312 g/mol. The summed E-state index contributed by atoms with van der Waals surface area (Å²) in [5.74, 6) is 0. The maximum absolute atomic E-state index is 2.28. The molecule has 0 heterocycles. The van der Waals surface area contributed by atoms with Crippen molar-refractivity contribution in [1.82, 2.24) is 0 Å². The molecule has 2 heteroatoms. The van der Waals surface area contributed by atoms with Gasteiger partial charge < -0.3 is 0 Å². The Morgan fingerprint density at radius 3 is 1.58 bits per heavy atom. The predicted octanol–water partition coefficient (Wildman–Crippen LogP) is 3.41. The molecule has 12 heavy (non-hydrogen) atoms. The topological polar surface area (TPSA) is 0 Å². The molecule has 0 unspecified atom stereocenters. The van der Waals surface area contributed by atoms with E-state index in [-0.39, 0.29) is 17.1 Å². The summed E-state index contributed by atoms with van der Waals surface area (Å²) in [7, 11) is 0. The van der Waals surface area contributed by atoms with Gasteiger partial charge in [-0.1, -0.05) is 3.57 Å². The van der Waals surface area contributed by atoms with Gasteiger partial charge in [-0.05, 0) is 0 Å². The van der Waals surface area contributed by atoms with Gasteiger partial charge in [0, 0.05) is 17.1 Å². The molecule has 0 saturated carbocycles. The fraction of sp³-hybridized carbons (Fsp3) is 0. The molecule has 0 aliphatic carbocycles. The third-order valence-corrected chi connectivity index (χ3v) is 1.90. The normalized spacial score (nSPS) is 7.75. The van der Waals surface area contributed by atoms with Crippen molar-refractivity contribution in [3.05, 3.63) is 58.2 Å². The summed E-state index contributed by atoms with van der Waals surface area (Å²) in [5, 5.41) is 0. The van der Waals surface area contributed by atoms with E-state index in [1.807, 2.05) is 42.5 Å². The molecule has 0 fully saturated rings. The molecule has 0 atom stereocenters. The Bertz CT molecular complexity index is 228. The summed E-state index contributed by atoms with van der Waals surface area (Å²) in [6.45, 7) is 0. The molecule has 2 aromatic rings. The first kappa shape index (κ1) is 11.9. The van der Waals surface area contributed by atoms with Crippen LogP contribution in [-0.2, 0) is 17.1 Å². The second-order valence-corrected chi connectivity index (χ2v) is 3.31. The quantitative estimate of drug-likeness (QED) is 0.397. The van der Waals surface area contributed by atoms with Crippen LogP contribution < -0.4 is 0 Å². The second-order valence-electron chi connectivity index (χ2n) is 2.07. The molecule has 2 aromatic carbocycles. The number of hydrogen-bond donors (Lipinski definition) is 0. The van der Waals surface area contributed by atoms with E-state index >= 15 is 0 Å². The Labute approximate surface area is 97.3 Å². The van der Waals surface area contributed by atoms with Crippen LogP contribution in [-0.4, -0.2) is 0 Å². The van der Waals surface area contributed by atoms with Crippen molar-refractivity contribution in [3.8, 4) is 0 Å². The van der Waals surface area contributed by atoms with E-state index in [2.05, 4.69) is 34.7 Å². The zero-order valence-corrected chi connectivity index (χ0v) is 9.69. The molecular weight excluding hydrogens is 303 g/mol. The van der Waals surface area contributed by atoms with Crippen molar-refractivity contribution in [2.24, 2.45) is 0 Å². The van der Waals surface area contributed by atoms with E-state index in [0.717, 1.165) is 0 Å². The van der Waals surface area contributed by atoms with Crippen molar-refractivity contribution < 1.29 is 17.1 Å². The molecule has 0 nitrogen and oxygen atoms in total. The fourth-order valence-electron chi connectivity index (χ4n) is 0.671. The summed E-state index contributed by atoms with van der Waals surface area (Å²) in [5.41, 5.74) is 0. The van der Waals surface area contributed by atoms with Crippen LogP contribution in [0.2, 0.25) is 0 Å². The number of rotatable bonds is 0. The minimum absolute atomic E-state index is 0. The molecule has 0 bridgehead atoms. The molecule has 0 N–H and O–H groups in total. The molecule has 0 spiro atoms. The number of hydrogen-bond acceptors (Lipinski definition) is 0. The van der Waals surface area contributed by atoms with E-state index in [1.54, 1.807) is 0 Å². The van der Waals surface area contributed by atoms with Gasteiger partial charge in [0.05, 0.1) is 0 Å².